The molecule has 35 heavy (non-hydrogen) atoms. The van der Waals surface area contributed by atoms with Crippen LogP contribution in [0, 0.1) is 0 Å². The van der Waals surface area contributed by atoms with Gasteiger partial charge in [0.2, 0.25) is 17.7 Å². The van der Waals surface area contributed by atoms with E-state index in [-0.39, 0.29) is 43.7 Å². The van der Waals surface area contributed by atoms with Crippen LogP contribution in [0.3, 0.4) is 0 Å². The minimum atomic E-state index is -2.95. The van der Waals surface area contributed by atoms with Gasteiger partial charge in [-0.1, -0.05) is 54.6 Å². The van der Waals surface area contributed by atoms with E-state index in [1.165, 1.54) is 4.90 Å². The Hall–Kier alpha value is -3.33. The van der Waals surface area contributed by atoms with Crippen LogP contribution in [-0.2, 0) is 33.9 Å². The van der Waals surface area contributed by atoms with Gasteiger partial charge in [0.05, 0.1) is 6.54 Å². The average molecular weight is 485 g/mol. The Kier molecular flexibility index (Phi) is 7.45. The van der Waals surface area contributed by atoms with E-state index in [1.54, 1.807) is 0 Å². The number of benzene rings is 2. The number of amides is 3. The number of carbonyl (C=O) groups is 3. The number of hydrogen-bond acceptors (Lipinski definition) is 4. The monoisotopic (exact) mass is 484 g/mol. The van der Waals surface area contributed by atoms with Crippen LogP contribution in [0.5, 0.6) is 0 Å². The van der Waals surface area contributed by atoms with E-state index in [4.69, 9.17) is 5.73 Å². The van der Waals surface area contributed by atoms with Crippen LogP contribution in [0.1, 0.15) is 36.0 Å². The van der Waals surface area contributed by atoms with Gasteiger partial charge in [0, 0.05) is 51.4 Å². The molecule has 9 heteroatoms. The van der Waals surface area contributed by atoms with Gasteiger partial charge in [0.15, 0.2) is 0 Å². The molecule has 2 aromatic rings. The number of nitrogens with two attached hydrogens (primary N) is 1. The van der Waals surface area contributed by atoms with Crippen LogP contribution in [0.25, 0.3) is 0 Å². The zero-order valence-corrected chi connectivity index (χ0v) is 19.5. The van der Waals surface area contributed by atoms with Gasteiger partial charge in [-0.3, -0.25) is 14.4 Å². The highest BCUT2D eigenvalue weighted by molar-refractivity contribution is 5.88. The highest BCUT2D eigenvalue weighted by atomic mass is 19.3. The number of hydrogen-bond donors (Lipinski definition) is 2. The summed E-state index contributed by atoms with van der Waals surface area (Å²) in [6.07, 6.45) is -0.488. The first-order valence-electron chi connectivity index (χ1n) is 11.8. The van der Waals surface area contributed by atoms with Crippen LogP contribution in [0.4, 0.5) is 8.78 Å². The highest BCUT2D eigenvalue weighted by Crippen LogP contribution is 2.28. The predicted molar refractivity (Wildman–Crippen MR) is 126 cm³/mol. The van der Waals surface area contributed by atoms with Crippen molar-refractivity contribution in [2.75, 3.05) is 13.1 Å². The van der Waals surface area contributed by atoms with E-state index in [0.29, 0.717) is 13.0 Å². The molecule has 0 spiro atoms. The molecule has 2 aliphatic rings. The topological polar surface area (TPSA) is 95.7 Å². The molecular weight excluding hydrogens is 454 g/mol. The Balaban J connectivity index is 1.43. The maximum absolute atomic E-state index is 13.8. The first kappa shape index (κ1) is 24.8. The lowest BCUT2D eigenvalue weighted by atomic mass is 9.92. The molecule has 186 valence electrons. The van der Waals surface area contributed by atoms with Gasteiger partial charge in [-0.15, -0.1) is 0 Å². The van der Waals surface area contributed by atoms with Crippen LogP contribution in [-0.4, -0.2) is 58.6 Å². The molecule has 1 fully saturated rings. The Morgan fingerprint density at radius 3 is 2.51 bits per heavy atom. The molecule has 0 aliphatic carbocycles. The zero-order chi connectivity index (χ0) is 25.0. The number of nitrogens with zero attached hydrogens (tertiary/aromatic N) is 2. The number of carbonyl (C=O) groups excluding carboxylic acids is 3. The third kappa shape index (κ3) is 6.22. The lowest BCUT2D eigenvalue weighted by molar-refractivity contribution is -0.148. The van der Waals surface area contributed by atoms with Gasteiger partial charge in [-0.2, -0.15) is 0 Å². The standard InChI is InChI=1S/C26H30F2N4O3/c27-26(28)11-10-23(33)31(17-26)16-21(29)13-24(34)32-15-20-9-5-4-8-19(20)12-22(32)25(35)30-14-18-6-2-1-3-7-18/h1-9,21-22H,10-17,29H2,(H,30,35)/t21-,22-/m0/s1. The van der Waals surface area contributed by atoms with Crippen molar-refractivity contribution in [2.45, 2.75) is 56.8 Å². The number of halogens is 2. The van der Waals surface area contributed by atoms with Gasteiger partial charge in [0.1, 0.15) is 6.04 Å². The van der Waals surface area contributed by atoms with E-state index in [2.05, 4.69) is 5.32 Å². The van der Waals surface area contributed by atoms with Gasteiger partial charge in [-0.25, -0.2) is 8.78 Å². The summed E-state index contributed by atoms with van der Waals surface area (Å²) in [5.74, 6) is -3.95. The van der Waals surface area contributed by atoms with Crippen LogP contribution < -0.4 is 11.1 Å². The number of alkyl halides is 2. The lowest BCUT2D eigenvalue weighted by Crippen LogP contribution is -2.54. The van der Waals surface area contributed by atoms with Gasteiger partial charge >= 0.3 is 0 Å². The lowest BCUT2D eigenvalue weighted by Gasteiger charge is -2.37. The van der Waals surface area contributed by atoms with E-state index in [9.17, 15) is 23.2 Å². The molecule has 2 aliphatic heterocycles. The summed E-state index contributed by atoms with van der Waals surface area (Å²) in [6.45, 7) is -0.221. The molecule has 7 nitrogen and oxygen atoms in total. The number of nitrogens with one attached hydrogen (secondary N) is 1. The minimum Gasteiger partial charge on any atom is -0.350 e. The molecule has 3 N–H and O–H groups in total. The molecule has 0 bridgehead atoms. The van der Waals surface area contributed by atoms with Crippen molar-refractivity contribution in [1.29, 1.82) is 0 Å². The highest BCUT2D eigenvalue weighted by Gasteiger charge is 2.40. The number of rotatable bonds is 7. The van der Waals surface area contributed by atoms with Crippen molar-refractivity contribution < 1.29 is 23.2 Å². The smallest absolute Gasteiger partial charge is 0.265 e. The molecule has 1 saturated heterocycles. The number of likely N-dealkylation sites (tertiary alicyclic amines) is 1. The number of piperidine rings is 1. The molecule has 0 unspecified atom stereocenters. The fourth-order valence-electron chi connectivity index (χ4n) is 4.67. The Bertz CT molecular complexity index is 1080. The Morgan fingerprint density at radius 1 is 1.09 bits per heavy atom. The molecule has 2 aromatic carbocycles. The molecule has 2 heterocycles. The predicted octanol–water partition coefficient (Wildman–Crippen LogP) is 2.23. The van der Waals surface area contributed by atoms with Crippen molar-refractivity contribution in [3.63, 3.8) is 0 Å². The third-order valence-electron chi connectivity index (χ3n) is 6.55. The maximum Gasteiger partial charge on any atom is 0.265 e. The molecule has 0 radical (unpaired) electrons. The average Bonchev–Trinajstić information content (AvgIpc) is 2.84. The largest absolute Gasteiger partial charge is 0.350 e. The van der Waals surface area contributed by atoms with E-state index in [0.717, 1.165) is 21.6 Å². The molecule has 0 saturated carbocycles. The first-order chi connectivity index (χ1) is 16.7. The summed E-state index contributed by atoms with van der Waals surface area (Å²) in [4.78, 5) is 41.0. The van der Waals surface area contributed by atoms with Gasteiger partial charge < -0.3 is 20.9 Å². The van der Waals surface area contributed by atoms with Gasteiger partial charge in [-0.05, 0) is 16.7 Å². The SMILES string of the molecule is N[C@@H](CC(=O)N1Cc2ccccc2C[C@H]1C(=O)NCc1ccccc1)CN1CC(F)(F)CCC1=O. The Labute approximate surface area is 203 Å². The summed E-state index contributed by atoms with van der Waals surface area (Å²) >= 11 is 0. The fraction of sp³-hybridized carbons (Fsp3) is 0.423. The number of fused-ring (bicyclic) bond motifs is 1. The van der Waals surface area contributed by atoms with Crippen LogP contribution in [0.2, 0.25) is 0 Å². The molecule has 2 atom stereocenters. The summed E-state index contributed by atoms with van der Waals surface area (Å²) < 4.78 is 27.5. The van der Waals surface area contributed by atoms with Crippen molar-refractivity contribution in [3.8, 4) is 0 Å². The second kappa shape index (κ2) is 10.5. The van der Waals surface area contributed by atoms with Gasteiger partial charge in [0.25, 0.3) is 5.92 Å². The van der Waals surface area contributed by atoms with Crippen molar-refractivity contribution in [2.24, 2.45) is 5.73 Å². The summed E-state index contributed by atoms with van der Waals surface area (Å²) in [5, 5.41) is 2.92. The summed E-state index contributed by atoms with van der Waals surface area (Å²) in [5.41, 5.74) is 9.02. The normalized spacial score (nSPS) is 20.2. The molecular formula is C26H30F2N4O3. The quantitative estimate of drug-likeness (QED) is 0.630. The van der Waals surface area contributed by atoms with E-state index in [1.807, 2.05) is 54.6 Å². The second-order valence-electron chi connectivity index (χ2n) is 9.31. The van der Waals surface area contributed by atoms with E-state index < -0.39 is 31.0 Å². The fourth-order valence-corrected chi connectivity index (χ4v) is 4.67. The van der Waals surface area contributed by atoms with Crippen molar-refractivity contribution in [3.05, 3.63) is 71.3 Å². The zero-order valence-electron chi connectivity index (χ0n) is 19.5. The molecule has 4 rings (SSSR count). The minimum absolute atomic E-state index is 0.130. The van der Waals surface area contributed by atoms with Crippen LogP contribution >= 0.6 is 0 Å². The first-order valence-corrected chi connectivity index (χ1v) is 11.8. The molecule has 3 amide bonds. The second-order valence-corrected chi connectivity index (χ2v) is 9.31. The van der Waals surface area contributed by atoms with Crippen molar-refractivity contribution in [1.82, 2.24) is 15.1 Å². The molecule has 0 aromatic heterocycles. The Morgan fingerprint density at radius 2 is 1.77 bits per heavy atom. The maximum atomic E-state index is 13.8. The summed E-state index contributed by atoms with van der Waals surface area (Å²) in [7, 11) is 0. The van der Waals surface area contributed by atoms with Crippen molar-refractivity contribution >= 4 is 17.7 Å². The van der Waals surface area contributed by atoms with Crippen LogP contribution in [0.15, 0.2) is 54.6 Å². The summed E-state index contributed by atoms with van der Waals surface area (Å²) in [6, 6.07) is 15.6. The van der Waals surface area contributed by atoms with E-state index >= 15 is 0 Å². The third-order valence-corrected chi connectivity index (χ3v) is 6.55.